The molecule has 0 aromatic rings. The van der Waals surface area contributed by atoms with Crippen LogP contribution in [0.2, 0.25) is 0 Å². The number of rotatable bonds is 4. The number of hydrogen-bond acceptors (Lipinski definition) is 2. The van der Waals surface area contributed by atoms with Crippen LogP contribution >= 0.6 is 0 Å². The normalized spacial score (nSPS) is 40.9. The Balaban J connectivity index is 1.43. The van der Waals surface area contributed by atoms with E-state index in [1.165, 1.54) is 19.3 Å². The van der Waals surface area contributed by atoms with E-state index in [1.807, 2.05) is 0 Å². The molecule has 3 aliphatic rings. The number of hydrogen-bond donors (Lipinski definition) is 0. The van der Waals surface area contributed by atoms with Gasteiger partial charge in [0.15, 0.2) is 0 Å². The molecule has 1 saturated heterocycles. The summed E-state index contributed by atoms with van der Waals surface area (Å²) in [5.74, 6) is 1.73. The van der Waals surface area contributed by atoms with Crippen molar-refractivity contribution in [2.75, 3.05) is 19.8 Å². The summed E-state index contributed by atoms with van der Waals surface area (Å²) in [7, 11) is 0. The molecule has 2 nitrogen and oxygen atoms in total. The van der Waals surface area contributed by atoms with Crippen LogP contribution in [0, 0.1) is 11.8 Å². The molecule has 1 heterocycles. The highest BCUT2D eigenvalue weighted by atomic mass is 16.6. The van der Waals surface area contributed by atoms with Crippen molar-refractivity contribution in [1.82, 2.24) is 0 Å². The third-order valence-electron chi connectivity index (χ3n) is 3.46. The van der Waals surface area contributed by atoms with E-state index in [0.29, 0.717) is 6.10 Å². The predicted octanol–water partition coefficient (Wildman–Crippen LogP) is 1.76. The summed E-state index contributed by atoms with van der Waals surface area (Å²) < 4.78 is 10.7. The average Bonchev–Trinajstić information content (AvgIpc) is 2.74. The number of epoxide rings is 1. The Bertz CT molecular complexity index is 230. The lowest BCUT2D eigenvalue weighted by molar-refractivity contribution is 0.0741. The molecule has 2 fully saturated rings. The van der Waals surface area contributed by atoms with E-state index in [0.717, 1.165) is 31.7 Å². The second-order valence-corrected chi connectivity index (χ2v) is 4.52. The summed E-state index contributed by atoms with van der Waals surface area (Å²) in [6.07, 6.45) is 6.82. The monoisotopic (exact) mass is 180 g/mol. The quantitative estimate of drug-likeness (QED) is 0.485. The van der Waals surface area contributed by atoms with Crippen molar-refractivity contribution in [1.29, 1.82) is 0 Å². The third kappa shape index (κ3) is 1.65. The fraction of sp³-hybridized carbons (Fsp3) is 0.818. The molecule has 1 saturated carbocycles. The molecule has 3 rings (SSSR count). The van der Waals surface area contributed by atoms with Gasteiger partial charge in [-0.25, -0.2) is 0 Å². The Kier molecular flexibility index (Phi) is 1.91. The Labute approximate surface area is 78.9 Å². The van der Waals surface area contributed by atoms with Crippen molar-refractivity contribution >= 4 is 0 Å². The molecule has 0 radical (unpaired) electrons. The van der Waals surface area contributed by atoms with E-state index in [2.05, 4.69) is 6.08 Å². The average molecular weight is 180 g/mol. The molecule has 0 N–H and O–H groups in total. The molecule has 3 unspecified atom stereocenters. The Morgan fingerprint density at radius 2 is 2.31 bits per heavy atom. The van der Waals surface area contributed by atoms with Crippen LogP contribution in [0.15, 0.2) is 11.6 Å². The number of allylic oxidation sites excluding steroid dienone is 2. The van der Waals surface area contributed by atoms with Gasteiger partial charge in [-0.1, -0.05) is 11.6 Å². The summed E-state index contributed by atoms with van der Waals surface area (Å²) in [6, 6.07) is 0. The van der Waals surface area contributed by atoms with Gasteiger partial charge in [0.25, 0.3) is 0 Å². The van der Waals surface area contributed by atoms with Crippen LogP contribution in [-0.4, -0.2) is 25.9 Å². The van der Waals surface area contributed by atoms with Gasteiger partial charge in [0.05, 0.1) is 19.8 Å². The lowest BCUT2D eigenvalue weighted by Crippen LogP contribution is -2.16. The zero-order valence-electron chi connectivity index (χ0n) is 7.87. The second-order valence-electron chi connectivity index (χ2n) is 4.52. The highest BCUT2D eigenvalue weighted by Crippen LogP contribution is 2.44. The van der Waals surface area contributed by atoms with Crippen LogP contribution in [0.3, 0.4) is 0 Å². The van der Waals surface area contributed by atoms with E-state index < -0.39 is 0 Å². The van der Waals surface area contributed by atoms with Crippen LogP contribution in [-0.2, 0) is 9.47 Å². The predicted molar refractivity (Wildman–Crippen MR) is 49.5 cm³/mol. The van der Waals surface area contributed by atoms with Gasteiger partial charge in [-0.3, -0.25) is 0 Å². The fourth-order valence-corrected chi connectivity index (χ4v) is 2.56. The first-order valence-corrected chi connectivity index (χ1v) is 5.29. The molecule has 3 atom stereocenters. The summed E-state index contributed by atoms with van der Waals surface area (Å²) in [4.78, 5) is 0. The van der Waals surface area contributed by atoms with Gasteiger partial charge in [0.2, 0.25) is 0 Å². The Morgan fingerprint density at radius 3 is 2.92 bits per heavy atom. The van der Waals surface area contributed by atoms with Crippen molar-refractivity contribution < 1.29 is 9.47 Å². The molecule has 13 heavy (non-hydrogen) atoms. The summed E-state index contributed by atoms with van der Waals surface area (Å²) in [6.45, 7) is 2.70. The standard InChI is InChI=1S/C11H16O2/c1-2-9-3-8(1)4-10(9)5-12-6-11-7-13-11/h1,9-11H,2-7H2. The molecule has 0 aromatic carbocycles. The largest absolute Gasteiger partial charge is 0.378 e. The van der Waals surface area contributed by atoms with E-state index >= 15 is 0 Å². The van der Waals surface area contributed by atoms with Crippen molar-refractivity contribution in [3.05, 3.63) is 11.6 Å². The molecule has 2 aliphatic carbocycles. The maximum atomic E-state index is 5.64. The van der Waals surface area contributed by atoms with E-state index in [-0.39, 0.29) is 0 Å². The summed E-state index contributed by atoms with van der Waals surface area (Å²) in [5.41, 5.74) is 1.68. The Hall–Kier alpha value is -0.340. The minimum Gasteiger partial charge on any atom is -0.378 e. The molecule has 0 amide bonds. The second kappa shape index (κ2) is 3.10. The zero-order valence-corrected chi connectivity index (χ0v) is 7.87. The first-order chi connectivity index (χ1) is 6.42. The van der Waals surface area contributed by atoms with E-state index in [4.69, 9.17) is 9.47 Å². The highest BCUT2D eigenvalue weighted by Gasteiger charge is 2.34. The van der Waals surface area contributed by atoms with Crippen LogP contribution < -0.4 is 0 Å². The van der Waals surface area contributed by atoms with Gasteiger partial charge in [0, 0.05) is 0 Å². The van der Waals surface area contributed by atoms with Gasteiger partial charge in [-0.15, -0.1) is 0 Å². The number of fused-ring (bicyclic) bond motifs is 2. The van der Waals surface area contributed by atoms with Gasteiger partial charge in [-0.05, 0) is 31.1 Å². The first kappa shape index (κ1) is 8.01. The molecule has 1 aliphatic heterocycles. The fourth-order valence-electron chi connectivity index (χ4n) is 2.56. The summed E-state index contributed by atoms with van der Waals surface area (Å²) in [5, 5.41) is 0. The molecular weight excluding hydrogens is 164 g/mol. The molecular formula is C11H16O2. The van der Waals surface area contributed by atoms with Gasteiger partial charge in [0.1, 0.15) is 6.10 Å². The Morgan fingerprint density at radius 1 is 1.38 bits per heavy atom. The van der Waals surface area contributed by atoms with Gasteiger partial charge >= 0.3 is 0 Å². The van der Waals surface area contributed by atoms with Crippen LogP contribution in [0.25, 0.3) is 0 Å². The minimum atomic E-state index is 0.429. The summed E-state index contributed by atoms with van der Waals surface area (Å²) >= 11 is 0. The topological polar surface area (TPSA) is 21.8 Å². The number of ether oxygens (including phenoxy) is 2. The third-order valence-corrected chi connectivity index (χ3v) is 3.46. The molecule has 2 bridgehead atoms. The SMILES string of the molecule is C1=C2CC(C1)C(COCC1CO1)C2. The first-order valence-electron chi connectivity index (χ1n) is 5.29. The molecule has 0 spiro atoms. The maximum Gasteiger partial charge on any atom is 0.104 e. The van der Waals surface area contributed by atoms with Gasteiger partial charge in [-0.2, -0.15) is 0 Å². The minimum absolute atomic E-state index is 0.429. The van der Waals surface area contributed by atoms with E-state index in [1.54, 1.807) is 5.57 Å². The maximum absolute atomic E-state index is 5.64. The van der Waals surface area contributed by atoms with Gasteiger partial charge < -0.3 is 9.47 Å². The van der Waals surface area contributed by atoms with Crippen molar-refractivity contribution in [2.45, 2.75) is 25.4 Å². The van der Waals surface area contributed by atoms with Crippen molar-refractivity contribution in [3.63, 3.8) is 0 Å². The highest BCUT2D eigenvalue weighted by molar-refractivity contribution is 5.18. The molecule has 2 heteroatoms. The smallest absolute Gasteiger partial charge is 0.104 e. The lowest BCUT2D eigenvalue weighted by atomic mass is 9.93. The lowest BCUT2D eigenvalue weighted by Gasteiger charge is -2.18. The van der Waals surface area contributed by atoms with Crippen LogP contribution in [0.1, 0.15) is 19.3 Å². The molecule has 72 valence electrons. The molecule has 0 aromatic heterocycles. The van der Waals surface area contributed by atoms with E-state index in [9.17, 15) is 0 Å². The van der Waals surface area contributed by atoms with Crippen molar-refractivity contribution in [3.8, 4) is 0 Å². The van der Waals surface area contributed by atoms with Crippen molar-refractivity contribution in [2.24, 2.45) is 11.8 Å². The zero-order chi connectivity index (χ0) is 8.67. The van der Waals surface area contributed by atoms with Crippen LogP contribution in [0.5, 0.6) is 0 Å². The van der Waals surface area contributed by atoms with Crippen LogP contribution in [0.4, 0.5) is 0 Å².